The summed E-state index contributed by atoms with van der Waals surface area (Å²) in [6, 6.07) is 0. The summed E-state index contributed by atoms with van der Waals surface area (Å²) in [5.41, 5.74) is 1.75. The van der Waals surface area contributed by atoms with Crippen LogP contribution in [0.3, 0.4) is 0 Å². The van der Waals surface area contributed by atoms with Gasteiger partial charge in [-0.25, -0.2) is 13.4 Å². The zero-order chi connectivity index (χ0) is 11.4. The summed E-state index contributed by atoms with van der Waals surface area (Å²) in [6.07, 6.45) is 3.34. The minimum atomic E-state index is -2.90. The Morgan fingerprint density at radius 1 is 1.56 bits per heavy atom. The lowest BCUT2D eigenvalue weighted by molar-refractivity contribution is 0.335. The fourth-order valence-corrected chi connectivity index (χ4v) is 4.89. The van der Waals surface area contributed by atoms with Gasteiger partial charge in [0.15, 0.2) is 9.84 Å². The molecule has 1 aromatic heterocycles. The van der Waals surface area contributed by atoms with Gasteiger partial charge in [0.05, 0.1) is 34.8 Å². The van der Waals surface area contributed by atoms with Crippen molar-refractivity contribution < 1.29 is 8.42 Å². The maximum Gasteiger partial charge on any atom is 0.152 e. The third-order valence-corrected chi connectivity index (χ3v) is 5.36. The van der Waals surface area contributed by atoms with E-state index < -0.39 is 9.84 Å². The molecule has 2 aliphatic rings. The Morgan fingerprint density at radius 2 is 2.38 bits per heavy atom. The third-order valence-electron chi connectivity index (χ3n) is 3.60. The van der Waals surface area contributed by atoms with Crippen LogP contribution in [0, 0.1) is 0 Å². The van der Waals surface area contributed by atoms with Crippen LogP contribution in [0.4, 0.5) is 0 Å². The van der Waals surface area contributed by atoms with Gasteiger partial charge >= 0.3 is 0 Å². The number of aromatic nitrogens is 2. The molecule has 1 unspecified atom stereocenters. The standard InChI is InChI=1S/C10H15N3O2S/c1-13-7-11-8-2-4-12-10(9(8)13)3-5-16(14,15)6-10/h7,12H,2-6H2,1H3. The molecule has 6 heteroatoms. The van der Waals surface area contributed by atoms with E-state index in [1.165, 1.54) is 0 Å². The Balaban J connectivity index is 2.14. The zero-order valence-electron chi connectivity index (χ0n) is 9.23. The van der Waals surface area contributed by atoms with Crippen molar-refractivity contribution in [3.05, 3.63) is 17.7 Å². The second kappa shape index (κ2) is 3.07. The van der Waals surface area contributed by atoms with Gasteiger partial charge in [-0.05, 0) is 6.42 Å². The van der Waals surface area contributed by atoms with Crippen LogP contribution < -0.4 is 5.32 Å². The van der Waals surface area contributed by atoms with Crippen LogP contribution in [0.2, 0.25) is 0 Å². The second-order valence-corrected chi connectivity index (χ2v) is 6.94. The molecule has 1 N–H and O–H groups in total. The van der Waals surface area contributed by atoms with Crippen molar-refractivity contribution in [2.24, 2.45) is 7.05 Å². The summed E-state index contributed by atoms with van der Waals surface area (Å²) in [6.45, 7) is 0.819. The number of nitrogens with zero attached hydrogens (tertiary/aromatic N) is 2. The van der Waals surface area contributed by atoms with E-state index in [-0.39, 0.29) is 17.0 Å². The van der Waals surface area contributed by atoms with Crippen LogP contribution in [0.1, 0.15) is 17.8 Å². The first-order valence-electron chi connectivity index (χ1n) is 5.49. The first kappa shape index (κ1) is 10.3. The predicted molar refractivity (Wildman–Crippen MR) is 59.9 cm³/mol. The lowest BCUT2D eigenvalue weighted by Crippen LogP contribution is -2.49. The maximum absolute atomic E-state index is 11.7. The number of hydrogen-bond acceptors (Lipinski definition) is 4. The van der Waals surface area contributed by atoms with Crippen molar-refractivity contribution in [3.63, 3.8) is 0 Å². The average Bonchev–Trinajstić information content (AvgIpc) is 2.71. The molecule has 0 aromatic carbocycles. The van der Waals surface area contributed by atoms with Crippen LogP contribution in [-0.2, 0) is 28.8 Å². The number of fused-ring (bicyclic) bond motifs is 2. The van der Waals surface area contributed by atoms with E-state index in [9.17, 15) is 8.42 Å². The van der Waals surface area contributed by atoms with Crippen LogP contribution in [-0.4, -0.2) is 36.0 Å². The van der Waals surface area contributed by atoms with E-state index in [0.29, 0.717) is 6.42 Å². The molecule has 2 aliphatic heterocycles. The van der Waals surface area contributed by atoms with Crippen molar-refractivity contribution in [1.82, 2.24) is 14.9 Å². The molecule has 0 aliphatic carbocycles. The fraction of sp³-hybridized carbons (Fsp3) is 0.700. The SMILES string of the molecule is Cn1cnc2c1C1(CCS(=O)(=O)C1)NCC2. The topological polar surface area (TPSA) is 64.0 Å². The number of hydrogen-bond donors (Lipinski definition) is 1. The quantitative estimate of drug-likeness (QED) is 0.670. The highest BCUT2D eigenvalue weighted by atomic mass is 32.2. The smallest absolute Gasteiger partial charge is 0.152 e. The second-order valence-electron chi connectivity index (χ2n) is 4.75. The summed E-state index contributed by atoms with van der Waals surface area (Å²) in [4.78, 5) is 4.35. The average molecular weight is 241 g/mol. The van der Waals surface area contributed by atoms with Crippen molar-refractivity contribution in [2.75, 3.05) is 18.1 Å². The molecule has 1 spiro atoms. The number of nitrogens with one attached hydrogen (secondary N) is 1. The molecule has 3 heterocycles. The Hall–Kier alpha value is -0.880. The molecule has 3 rings (SSSR count). The largest absolute Gasteiger partial charge is 0.336 e. The normalized spacial score (nSPS) is 31.8. The zero-order valence-corrected chi connectivity index (χ0v) is 10.0. The Kier molecular flexibility index (Phi) is 1.98. The van der Waals surface area contributed by atoms with Crippen LogP contribution >= 0.6 is 0 Å². The molecule has 1 atom stereocenters. The molecule has 0 saturated carbocycles. The molecule has 0 bridgehead atoms. The van der Waals surface area contributed by atoms with Gasteiger partial charge < -0.3 is 9.88 Å². The lowest BCUT2D eigenvalue weighted by Gasteiger charge is -2.34. The summed E-state index contributed by atoms with van der Waals surface area (Å²) in [5, 5.41) is 3.39. The van der Waals surface area contributed by atoms with E-state index in [2.05, 4.69) is 10.3 Å². The molecular weight excluding hydrogens is 226 g/mol. The summed E-state index contributed by atoms with van der Waals surface area (Å²) < 4.78 is 25.3. The van der Waals surface area contributed by atoms with Gasteiger partial charge in [0.25, 0.3) is 0 Å². The van der Waals surface area contributed by atoms with Gasteiger partial charge in [0.1, 0.15) is 0 Å². The van der Waals surface area contributed by atoms with Crippen molar-refractivity contribution >= 4 is 9.84 Å². The highest BCUT2D eigenvalue weighted by molar-refractivity contribution is 7.91. The molecule has 1 saturated heterocycles. The first-order valence-corrected chi connectivity index (χ1v) is 7.31. The number of aryl methyl sites for hydroxylation is 1. The minimum absolute atomic E-state index is 0.215. The van der Waals surface area contributed by atoms with Crippen LogP contribution in [0.25, 0.3) is 0 Å². The van der Waals surface area contributed by atoms with E-state index >= 15 is 0 Å². The van der Waals surface area contributed by atoms with E-state index in [1.54, 1.807) is 6.33 Å². The van der Waals surface area contributed by atoms with Gasteiger partial charge in [-0.3, -0.25) is 0 Å². The monoisotopic (exact) mass is 241 g/mol. The molecule has 16 heavy (non-hydrogen) atoms. The summed E-state index contributed by atoms with van der Waals surface area (Å²) in [7, 11) is -0.959. The van der Waals surface area contributed by atoms with Crippen LogP contribution in [0.5, 0.6) is 0 Å². The summed E-state index contributed by atoms with van der Waals surface area (Å²) >= 11 is 0. The number of imidazole rings is 1. The molecule has 0 amide bonds. The van der Waals surface area contributed by atoms with Gasteiger partial charge in [-0.1, -0.05) is 0 Å². The van der Waals surface area contributed by atoms with E-state index in [1.807, 2.05) is 11.6 Å². The van der Waals surface area contributed by atoms with Gasteiger partial charge in [0.2, 0.25) is 0 Å². The summed E-state index contributed by atoms with van der Waals surface area (Å²) in [5.74, 6) is 0.497. The maximum atomic E-state index is 11.7. The van der Waals surface area contributed by atoms with Gasteiger partial charge in [-0.15, -0.1) is 0 Å². The van der Waals surface area contributed by atoms with Crippen molar-refractivity contribution in [2.45, 2.75) is 18.4 Å². The molecule has 1 fully saturated rings. The van der Waals surface area contributed by atoms with E-state index in [0.717, 1.165) is 24.4 Å². The molecule has 1 aromatic rings. The van der Waals surface area contributed by atoms with E-state index in [4.69, 9.17) is 0 Å². The highest BCUT2D eigenvalue weighted by Gasteiger charge is 2.47. The minimum Gasteiger partial charge on any atom is -0.336 e. The van der Waals surface area contributed by atoms with Crippen molar-refractivity contribution in [1.29, 1.82) is 0 Å². The Bertz CT molecular complexity index is 534. The predicted octanol–water partition coefficient (Wildman–Crippen LogP) is -0.420. The number of rotatable bonds is 0. The van der Waals surface area contributed by atoms with Gasteiger partial charge in [0, 0.05) is 20.0 Å². The number of sulfone groups is 1. The Morgan fingerprint density at radius 3 is 3.06 bits per heavy atom. The third kappa shape index (κ3) is 1.33. The first-order chi connectivity index (χ1) is 7.53. The molecule has 5 nitrogen and oxygen atoms in total. The lowest BCUT2D eigenvalue weighted by atomic mass is 9.89. The van der Waals surface area contributed by atoms with Crippen molar-refractivity contribution in [3.8, 4) is 0 Å². The molecular formula is C10H15N3O2S. The molecule has 88 valence electrons. The molecule has 0 radical (unpaired) electrons. The Labute approximate surface area is 94.8 Å². The fourth-order valence-electron chi connectivity index (χ4n) is 2.96. The van der Waals surface area contributed by atoms with Crippen LogP contribution in [0.15, 0.2) is 6.33 Å². The highest BCUT2D eigenvalue weighted by Crippen LogP contribution is 2.37. The van der Waals surface area contributed by atoms with Gasteiger partial charge in [-0.2, -0.15) is 0 Å².